The van der Waals surface area contributed by atoms with E-state index in [4.69, 9.17) is 4.74 Å². The summed E-state index contributed by atoms with van der Waals surface area (Å²) >= 11 is 0.870. The maximum atomic E-state index is 14.3. The first-order valence-electron chi connectivity index (χ1n) is 10.2. The van der Waals surface area contributed by atoms with Crippen molar-refractivity contribution in [2.24, 2.45) is 0 Å². The van der Waals surface area contributed by atoms with Gasteiger partial charge >= 0.3 is 23.8 Å². The smallest absolute Gasteiger partial charge is 0.441 e. The Balaban J connectivity index is 2.82. The summed E-state index contributed by atoms with van der Waals surface area (Å²) in [4.78, 5) is 37.9. The molecule has 0 saturated carbocycles. The van der Waals surface area contributed by atoms with E-state index in [0.29, 0.717) is 22.4 Å². The molecular formula is C22H25F3N2O5S. The van der Waals surface area contributed by atoms with Gasteiger partial charge in [0.15, 0.2) is 0 Å². The second-order valence-corrected chi connectivity index (χ2v) is 7.92. The first kappa shape index (κ1) is 26.2. The van der Waals surface area contributed by atoms with Gasteiger partial charge in [-0.3, -0.25) is 4.79 Å². The molecule has 1 atom stereocenters. The molecule has 1 amide bonds. The van der Waals surface area contributed by atoms with E-state index in [1.165, 1.54) is 6.92 Å². The molecule has 7 nitrogen and oxygen atoms in total. The lowest BCUT2D eigenvalue weighted by Gasteiger charge is -2.34. The van der Waals surface area contributed by atoms with Crippen LogP contribution in [0, 0.1) is 0 Å². The zero-order valence-corrected chi connectivity index (χ0v) is 19.4. The number of amides is 1. The number of aryl methyl sites for hydroxylation is 1. The average molecular weight is 487 g/mol. The van der Waals surface area contributed by atoms with E-state index < -0.39 is 29.7 Å². The maximum Gasteiger partial charge on any atom is 0.441 e. The fraction of sp³-hybridized carbons (Fsp3) is 0.409. The second-order valence-electron chi connectivity index (χ2n) is 6.81. The molecular weight excluding hydrogens is 461 g/mol. The fourth-order valence-electron chi connectivity index (χ4n) is 3.14. The van der Waals surface area contributed by atoms with Crippen LogP contribution in [0.4, 0.5) is 18.2 Å². The second kappa shape index (κ2) is 10.7. The molecule has 0 fully saturated rings. The molecule has 180 valence electrons. The highest BCUT2D eigenvalue weighted by Crippen LogP contribution is 2.44. The number of alkyl halides is 3. The summed E-state index contributed by atoms with van der Waals surface area (Å²) in [7, 11) is 0.774. The minimum absolute atomic E-state index is 0.0161. The van der Waals surface area contributed by atoms with Gasteiger partial charge in [-0.1, -0.05) is 44.2 Å². The van der Waals surface area contributed by atoms with Gasteiger partial charge in [-0.15, -0.1) is 11.3 Å². The number of carbonyl (C=O) groups is 3. The van der Waals surface area contributed by atoms with Crippen LogP contribution in [0.15, 0.2) is 30.3 Å². The summed E-state index contributed by atoms with van der Waals surface area (Å²) in [6.07, 6.45) is -5.23. The number of hydrogen-bond donors (Lipinski definition) is 2. The maximum absolute atomic E-state index is 14.3. The van der Waals surface area contributed by atoms with Gasteiger partial charge in [-0.05, 0) is 18.9 Å². The van der Waals surface area contributed by atoms with E-state index in [2.05, 4.69) is 10.1 Å². The Morgan fingerprint density at radius 2 is 1.70 bits per heavy atom. The molecule has 0 unspecified atom stereocenters. The number of rotatable bonds is 9. The van der Waals surface area contributed by atoms with Crippen molar-refractivity contribution < 1.29 is 37.0 Å². The van der Waals surface area contributed by atoms with Crippen LogP contribution < -0.4 is 10.6 Å². The third-order valence-electron chi connectivity index (χ3n) is 4.71. The van der Waals surface area contributed by atoms with Crippen LogP contribution in [0.3, 0.4) is 0 Å². The van der Waals surface area contributed by atoms with E-state index in [1.807, 2.05) is 0 Å². The highest BCUT2D eigenvalue weighted by atomic mass is 32.1. The van der Waals surface area contributed by atoms with Crippen LogP contribution in [0.2, 0.25) is 0 Å². The summed E-state index contributed by atoms with van der Waals surface area (Å²) in [5.74, 6) is -3.68. The molecule has 2 rings (SSSR count). The Morgan fingerprint density at radius 1 is 1.06 bits per heavy atom. The largest absolute Gasteiger partial charge is 0.466 e. The lowest BCUT2D eigenvalue weighted by molar-refractivity contribution is -0.206. The van der Waals surface area contributed by atoms with Crippen molar-refractivity contribution in [3.05, 3.63) is 40.8 Å². The minimum Gasteiger partial charge on any atom is -0.466 e. The van der Waals surface area contributed by atoms with Gasteiger partial charge in [0.05, 0.1) is 13.7 Å². The number of anilines is 1. The zero-order valence-electron chi connectivity index (χ0n) is 18.6. The van der Waals surface area contributed by atoms with Gasteiger partial charge in [-0.2, -0.15) is 13.2 Å². The first-order chi connectivity index (χ1) is 15.6. The van der Waals surface area contributed by atoms with E-state index in [0.717, 1.165) is 18.4 Å². The topological polar surface area (TPSA) is 93.7 Å². The Hall–Kier alpha value is -3.08. The van der Waals surface area contributed by atoms with Crippen LogP contribution in [0.1, 0.15) is 42.4 Å². The molecule has 0 bridgehead atoms. The Kier molecular flexibility index (Phi) is 8.48. The van der Waals surface area contributed by atoms with Gasteiger partial charge in [0.25, 0.3) is 0 Å². The number of esters is 2. The number of benzene rings is 1. The Morgan fingerprint density at radius 3 is 2.18 bits per heavy atom. The summed E-state index contributed by atoms with van der Waals surface area (Å²) in [5.41, 5.74) is -2.78. The zero-order chi connectivity index (χ0) is 24.8. The predicted octanol–water partition coefficient (Wildman–Crippen LogP) is 4.52. The monoisotopic (exact) mass is 486 g/mol. The molecule has 0 aliphatic carbocycles. The van der Waals surface area contributed by atoms with Gasteiger partial charge in [0.2, 0.25) is 5.91 Å². The normalized spacial score (nSPS) is 13.1. The summed E-state index contributed by atoms with van der Waals surface area (Å²) in [6.45, 7) is 4.67. The van der Waals surface area contributed by atoms with E-state index >= 15 is 0 Å². The predicted molar refractivity (Wildman–Crippen MR) is 118 cm³/mol. The molecule has 1 aromatic heterocycles. The third-order valence-corrected chi connectivity index (χ3v) is 5.96. The van der Waals surface area contributed by atoms with Crippen LogP contribution in [-0.2, 0) is 25.5 Å². The van der Waals surface area contributed by atoms with Crippen molar-refractivity contribution in [1.29, 1.82) is 0 Å². The number of ether oxygens (including phenoxy) is 2. The van der Waals surface area contributed by atoms with Gasteiger partial charge in [0.1, 0.15) is 10.6 Å². The van der Waals surface area contributed by atoms with Crippen LogP contribution >= 0.6 is 11.3 Å². The number of halogens is 3. The number of carbonyl (C=O) groups excluding carboxylic acids is 3. The molecule has 1 aromatic carbocycles. The van der Waals surface area contributed by atoms with Crippen molar-refractivity contribution in [2.75, 3.05) is 19.0 Å². The third kappa shape index (κ3) is 5.29. The first-order valence-corrected chi connectivity index (χ1v) is 11.0. The van der Waals surface area contributed by atoms with Crippen molar-refractivity contribution in [1.82, 2.24) is 5.32 Å². The number of methoxy groups -OCH3 is 1. The van der Waals surface area contributed by atoms with Crippen molar-refractivity contribution in [3.8, 4) is 11.1 Å². The molecule has 0 spiro atoms. The SMILES string of the molecule is CCOC(=O)c1c(N[C@](NC(=O)CC)(C(=O)OC)C(F)(F)F)sc(CC)c1-c1ccccc1. The fourth-order valence-corrected chi connectivity index (χ4v) is 4.34. The van der Waals surface area contributed by atoms with Crippen LogP contribution in [-0.4, -0.2) is 43.4 Å². The molecule has 1 heterocycles. The number of hydrogen-bond acceptors (Lipinski definition) is 7. The Bertz CT molecular complexity index is 1010. The van der Waals surface area contributed by atoms with E-state index in [9.17, 15) is 27.6 Å². The molecule has 0 saturated heterocycles. The van der Waals surface area contributed by atoms with Crippen molar-refractivity contribution in [3.63, 3.8) is 0 Å². The average Bonchev–Trinajstić information content (AvgIpc) is 3.15. The standard InChI is InChI=1S/C22H25F3N2O5S/c1-5-14-16(13-11-9-8-10-12-13)17(19(29)32-7-3)18(33-14)27-21(20(30)31-4,22(23,24)25)26-15(28)6-2/h8-12,27H,5-7H2,1-4H3,(H,26,28)/t21-/m1/s1. The summed E-state index contributed by atoms with van der Waals surface area (Å²) < 4.78 is 52.4. The van der Waals surface area contributed by atoms with Crippen molar-refractivity contribution in [2.45, 2.75) is 45.5 Å². The lowest BCUT2D eigenvalue weighted by Crippen LogP contribution is -2.69. The molecule has 0 aliphatic rings. The summed E-state index contributed by atoms with van der Waals surface area (Å²) in [5, 5.41) is 3.54. The van der Waals surface area contributed by atoms with E-state index in [1.54, 1.807) is 49.5 Å². The van der Waals surface area contributed by atoms with Crippen LogP contribution in [0.5, 0.6) is 0 Å². The highest BCUT2D eigenvalue weighted by molar-refractivity contribution is 7.17. The Labute approximate surface area is 193 Å². The molecule has 11 heteroatoms. The minimum atomic E-state index is -5.31. The lowest BCUT2D eigenvalue weighted by atomic mass is 9.99. The number of thiophene rings is 1. The molecule has 0 aliphatic heterocycles. The van der Waals surface area contributed by atoms with Gasteiger partial charge in [-0.25, -0.2) is 9.59 Å². The van der Waals surface area contributed by atoms with Gasteiger partial charge in [0, 0.05) is 16.9 Å². The summed E-state index contributed by atoms with van der Waals surface area (Å²) in [6, 6.07) is 8.64. The van der Waals surface area contributed by atoms with Crippen molar-refractivity contribution >= 4 is 34.2 Å². The molecule has 2 aromatic rings. The molecule has 2 N–H and O–H groups in total. The number of nitrogens with one attached hydrogen (secondary N) is 2. The highest BCUT2D eigenvalue weighted by Gasteiger charge is 2.64. The van der Waals surface area contributed by atoms with E-state index in [-0.39, 0.29) is 23.6 Å². The molecule has 0 radical (unpaired) electrons. The van der Waals surface area contributed by atoms with Crippen LogP contribution in [0.25, 0.3) is 11.1 Å². The quantitative estimate of drug-likeness (QED) is 0.400. The molecule has 33 heavy (non-hydrogen) atoms. The van der Waals surface area contributed by atoms with Gasteiger partial charge < -0.3 is 20.1 Å².